The van der Waals surface area contributed by atoms with Gasteiger partial charge < -0.3 is 20.3 Å². The third kappa shape index (κ3) is 3.38. The number of ether oxygens (including phenoxy) is 1. The van der Waals surface area contributed by atoms with Crippen LogP contribution in [0.2, 0.25) is 0 Å². The number of carbonyl (C=O) groups is 1. The number of nitrogens with one attached hydrogen (secondary N) is 1. The molecule has 0 saturated heterocycles. The van der Waals surface area contributed by atoms with Crippen molar-refractivity contribution in [2.24, 2.45) is 0 Å². The fourth-order valence-corrected chi connectivity index (χ4v) is 1.73. The van der Waals surface area contributed by atoms with Crippen LogP contribution in [0.1, 0.15) is 0 Å². The van der Waals surface area contributed by atoms with Crippen LogP contribution in [0, 0.1) is 10.1 Å². The zero-order valence-electron chi connectivity index (χ0n) is 10.5. The van der Waals surface area contributed by atoms with Crippen LogP contribution in [-0.2, 0) is 0 Å². The lowest BCUT2D eigenvalue weighted by atomic mass is 10.2. The molecule has 3 N–H and O–H groups in total. The first-order valence-electron chi connectivity index (χ1n) is 5.71. The standard InChI is InChI=1S/C12H8N2O3.CH2O3/c15-14(16)8-5-6-10-12(7-8)17-11-4-2-1-3-9(11)13-10;2-1(3)4/h1-7,13H;(H2,2,3,4). The molecule has 108 valence electrons. The molecule has 0 saturated carbocycles. The largest absolute Gasteiger partial charge is 0.503 e. The maximum Gasteiger partial charge on any atom is 0.503 e. The summed E-state index contributed by atoms with van der Waals surface area (Å²) in [5.74, 6) is 1.14. The summed E-state index contributed by atoms with van der Waals surface area (Å²) >= 11 is 0. The Morgan fingerprint density at radius 1 is 1.10 bits per heavy atom. The second-order valence-electron chi connectivity index (χ2n) is 3.94. The highest BCUT2D eigenvalue weighted by Gasteiger charge is 2.18. The smallest absolute Gasteiger partial charge is 0.453 e. The number of hydrogen-bond acceptors (Lipinski definition) is 5. The van der Waals surface area contributed by atoms with Gasteiger partial charge in [0, 0.05) is 6.07 Å². The highest BCUT2D eigenvalue weighted by Crippen LogP contribution is 2.42. The van der Waals surface area contributed by atoms with Gasteiger partial charge in [-0.3, -0.25) is 10.1 Å². The third-order valence-corrected chi connectivity index (χ3v) is 2.55. The van der Waals surface area contributed by atoms with Crippen LogP contribution < -0.4 is 10.1 Å². The second kappa shape index (κ2) is 5.78. The van der Waals surface area contributed by atoms with Crippen LogP contribution >= 0.6 is 0 Å². The van der Waals surface area contributed by atoms with Crippen LogP contribution in [0.5, 0.6) is 11.5 Å². The lowest BCUT2D eigenvalue weighted by Gasteiger charge is -2.21. The Labute approximate surface area is 118 Å². The predicted octanol–water partition coefficient (Wildman–Crippen LogP) is 3.67. The molecule has 0 spiro atoms. The van der Waals surface area contributed by atoms with E-state index in [1.165, 1.54) is 12.1 Å². The van der Waals surface area contributed by atoms with Crippen molar-refractivity contribution in [2.45, 2.75) is 0 Å². The van der Waals surface area contributed by atoms with Gasteiger partial charge in [-0.15, -0.1) is 0 Å². The van der Waals surface area contributed by atoms with Gasteiger partial charge in [-0.25, -0.2) is 4.79 Å². The minimum absolute atomic E-state index is 0.0185. The summed E-state index contributed by atoms with van der Waals surface area (Å²) in [6.45, 7) is 0. The summed E-state index contributed by atoms with van der Waals surface area (Å²) in [7, 11) is 0. The summed E-state index contributed by atoms with van der Waals surface area (Å²) in [5, 5.41) is 27.8. The number of hydrogen-bond donors (Lipinski definition) is 3. The van der Waals surface area contributed by atoms with Gasteiger partial charge >= 0.3 is 6.16 Å². The topological polar surface area (TPSA) is 122 Å². The number of benzene rings is 2. The van der Waals surface area contributed by atoms with Crippen LogP contribution in [-0.4, -0.2) is 21.3 Å². The molecule has 0 atom stereocenters. The number of carboxylic acid groups (broad SMARTS) is 2. The number of fused-ring (bicyclic) bond motifs is 2. The number of rotatable bonds is 1. The fourth-order valence-electron chi connectivity index (χ4n) is 1.73. The van der Waals surface area contributed by atoms with Gasteiger partial charge in [-0.1, -0.05) is 12.1 Å². The van der Waals surface area contributed by atoms with E-state index in [1.54, 1.807) is 6.07 Å². The van der Waals surface area contributed by atoms with E-state index in [1.807, 2.05) is 24.3 Å². The summed E-state index contributed by atoms with van der Waals surface area (Å²) in [6.07, 6.45) is -1.83. The molecule has 0 bridgehead atoms. The van der Waals surface area contributed by atoms with E-state index in [4.69, 9.17) is 19.7 Å². The van der Waals surface area contributed by atoms with E-state index < -0.39 is 11.1 Å². The van der Waals surface area contributed by atoms with Gasteiger partial charge in [0.05, 0.1) is 22.4 Å². The molecule has 0 aromatic heterocycles. The molecular formula is C13H10N2O6. The first kappa shape index (κ1) is 14.1. The minimum Gasteiger partial charge on any atom is -0.453 e. The van der Waals surface area contributed by atoms with E-state index in [-0.39, 0.29) is 5.69 Å². The van der Waals surface area contributed by atoms with Crippen molar-refractivity contribution in [3.05, 3.63) is 52.6 Å². The quantitative estimate of drug-likeness (QED) is 0.461. The SMILES string of the molecule is O=C(O)O.O=[N+]([O-])c1ccc2c(c1)Oc1ccccc1N2. The fraction of sp³-hybridized carbons (Fsp3) is 0. The number of anilines is 2. The lowest BCUT2D eigenvalue weighted by Crippen LogP contribution is -2.02. The van der Waals surface area contributed by atoms with Crippen molar-refractivity contribution in [3.63, 3.8) is 0 Å². The monoisotopic (exact) mass is 290 g/mol. The maximum absolute atomic E-state index is 10.7. The third-order valence-electron chi connectivity index (χ3n) is 2.55. The Balaban J connectivity index is 0.000000361. The molecule has 1 aliphatic rings. The number of non-ortho nitro benzene ring substituents is 1. The van der Waals surface area contributed by atoms with Crippen LogP contribution in [0.15, 0.2) is 42.5 Å². The Bertz CT molecular complexity index is 697. The number of para-hydroxylation sites is 2. The van der Waals surface area contributed by atoms with Crippen molar-refractivity contribution in [1.82, 2.24) is 0 Å². The second-order valence-corrected chi connectivity index (χ2v) is 3.94. The molecule has 3 rings (SSSR count). The maximum atomic E-state index is 10.7. The number of nitro benzene ring substituents is 1. The van der Waals surface area contributed by atoms with E-state index >= 15 is 0 Å². The number of nitro groups is 1. The average Bonchev–Trinajstić information content (AvgIpc) is 2.43. The van der Waals surface area contributed by atoms with E-state index in [0.717, 1.165) is 11.4 Å². The van der Waals surface area contributed by atoms with Crippen molar-refractivity contribution in [3.8, 4) is 11.5 Å². The van der Waals surface area contributed by atoms with E-state index in [2.05, 4.69) is 5.32 Å². The molecule has 1 aliphatic heterocycles. The molecule has 0 unspecified atom stereocenters. The van der Waals surface area contributed by atoms with Gasteiger partial charge in [0.15, 0.2) is 11.5 Å². The molecule has 2 aromatic carbocycles. The summed E-state index contributed by atoms with van der Waals surface area (Å²) < 4.78 is 5.60. The molecular weight excluding hydrogens is 280 g/mol. The lowest BCUT2D eigenvalue weighted by molar-refractivity contribution is -0.384. The van der Waals surface area contributed by atoms with Crippen molar-refractivity contribution >= 4 is 23.2 Å². The first-order valence-corrected chi connectivity index (χ1v) is 5.71. The normalized spacial score (nSPS) is 10.7. The Hall–Kier alpha value is -3.29. The molecule has 0 fully saturated rings. The van der Waals surface area contributed by atoms with Crippen molar-refractivity contribution in [1.29, 1.82) is 0 Å². The summed E-state index contributed by atoms with van der Waals surface area (Å²) in [5.41, 5.74) is 1.60. The van der Waals surface area contributed by atoms with E-state index in [0.29, 0.717) is 11.5 Å². The molecule has 0 radical (unpaired) electrons. The van der Waals surface area contributed by atoms with Gasteiger partial charge in [0.1, 0.15) is 0 Å². The Morgan fingerprint density at radius 3 is 2.38 bits per heavy atom. The predicted molar refractivity (Wildman–Crippen MR) is 73.5 cm³/mol. The van der Waals surface area contributed by atoms with Crippen molar-refractivity contribution < 1.29 is 24.7 Å². The summed E-state index contributed by atoms with van der Waals surface area (Å²) in [4.78, 5) is 18.8. The Kier molecular flexibility index (Phi) is 3.89. The highest BCUT2D eigenvalue weighted by atomic mass is 16.6. The minimum atomic E-state index is -1.83. The molecule has 0 amide bonds. The van der Waals surface area contributed by atoms with Crippen LogP contribution in [0.4, 0.5) is 21.9 Å². The molecule has 8 nitrogen and oxygen atoms in total. The molecule has 8 heteroatoms. The van der Waals surface area contributed by atoms with Gasteiger partial charge in [0.25, 0.3) is 5.69 Å². The molecule has 2 aromatic rings. The first-order chi connectivity index (χ1) is 9.97. The Morgan fingerprint density at radius 2 is 1.71 bits per heavy atom. The molecule has 0 aliphatic carbocycles. The van der Waals surface area contributed by atoms with Gasteiger partial charge in [-0.05, 0) is 18.2 Å². The van der Waals surface area contributed by atoms with Gasteiger partial charge in [-0.2, -0.15) is 0 Å². The van der Waals surface area contributed by atoms with E-state index in [9.17, 15) is 10.1 Å². The van der Waals surface area contributed by atoms with Crippen LogP contribution in [0.3, 0.4) is 0 Å². The summed E-state index contributed by atoms with van der Waals surface area (Å²) in [6, 6.07) is 11.9. The number of nitrogens with zero attached hydrogens (tertiary/aromatic N) is 1. The highest BCUT2D eigenvalue weighted by molar-refractivity contribution is 5.76. The molecule has 21 heavy (non-hydrogen) atoms. The molecule has 1 heterocycles. The van der Waals surface area contributed by atoms with Crippen LogP contribution in [0.25, 0.3) is 0 Å². The zero-order valence-corrected chi connectivity index (χ0v) is 10.5. The zero-order chi connectivity index (χ0) is 15.4. The van der Waals surface area contributed by atoms with Crippen molar-refractivity contribution in [2.75, 3.05) is 5.32 Å². The average molecular weight is 290 g/mol. The van der Waals surface area contributed by atoms with Gasteiger partial charge in [0.2, 0.25) is 0 Å².